The highest BCUT2D eigenvalue weighted by Crippen LogP contribution is 2.18. The zero-order chi connectivity index (χ0) is 14.5. The molecular formula is C16H24N2O2. The third-order valence-corrected chi connectivity index (χ3v) is 3.82. The minimum absolute atomic E-state index is 0.0382. The molecule has 0 bridgehead atoms. The zero-order valence-corrected chi connectivity index (χ0v) is 12.5. The molecule has 1 aromatic rings. The van der Waals surface area contributed by atoms with E-state index >= 15 is 0 Å². The van der Waals surface area contributed by atoms with Crippen LogP contribution in [0.1, 0.15) is 24.5 Å². The average Bonchev–Trinajstić information content (AvgIpc) is 2.40. The number of ether oxygens (including phenoxy) is 1. The van der Waals surface area contributed by atoms with Gasteiger partial charge in [0.25, 0.3) is 5.91 Å². The molecule has 1 saturated heterocycles. The molecule has 1 aliphatic heterocycles. The van der Waals surface area contributed by atoms with Crippen molar-refractivity contribution in [3.63, 3.8) is 0 Å². The molecule has 0 radical (unpaired) electrons. The van der Waals surface area contributed by atoms with Crippen molar-refractivity contribution in [2.75, 3.05) is 19.7 Å². The molecule has 4 nitrogen and oxygen atoms in total. The lowest BCUT2D eigenvalue weighted by atomic mass is 9.95. The smallest absolute Gasteiger partial charge is 0.258 e. The fraction of sp³-hybridized carbons (Fsp3) is 0.562. The van der Waals surface area contributed by atoms with Gasteiger partial charge in [0.05, 0.1) is 0 Å². The number of hydrogen-bond donors (Lipinski definition) is 2. The van der Waals surface area contributed by atoms with Crippen molar-refractivity contribution in [3.8, 4) is 5.75 Å². The van der Waals surface area contributed by atoms with E-state index in [0.29, 0.717) is 5.92 Å². The predicted octanol–water partition coefficient (Wildman–Crippen LogP) is 1.80. The maximum Gasteiger partial charge on any atom is 0.258 e. The Hall–Kier alpha value is -1.55. The van der Waals surface area contributed by atoms with Gasteiger partial charge in [-0.1, -0.05) is 24.6 Å². The number of nitrogens with one attached hydrogen (secondary N) is 2. The number of hydrogen-bond acceptors (Lipinski definition) is 3. The molecule has 0 aromatic heterocycles. The molecular weight excluding hydrogens is 252 g/mol. The summed E-state index contributed by atoms with van der Waals surface area (Å²) >= 11 is 0. The molecule has 0 aliphatic carbocycles. The molecule has 1 aromatic carbocycles. The second-order valence-corrected chi connectivity index (χ2v) is 5.70. The van der Waals surface area contributed by atoms with Crippen molar-refractivity contribution < 1.29 is 9.53 Å². The average molecular weight is 276 g/mol. The molecule has 1 fully saturated rings. The minimum Gasteiger partial charge on any atom is -0.484 e. The maximum atomic E-state index is 12.0. The summed E-state index contributed by atoms with van der Waals surface area (Å²) < 4.78 is 5.60. The second-order valence-electron chi connectivity index (χ2n) is 5.70. The van der Waals surface area contributed by atoms with E-state index in [1.54, 1.807) is 0 Å². The Labute approximate surface area is 120 Å². The van der Waals surface area contributed by atoms with Gasteiger partial charge < -0.3 is 15.4 Å². The molecule has 0 saturated carbocycles. The number of aryl methyl sites for hydroxylation is 2. The van der Waals surface area contributed by atoms with Crippen LogP contribution in [0.15, 0.2) is 18.2 Å². The van der Waals surface area contributed by atoms with E-state index in [4.69, 9.17) is 4.74 Å². The van der Waals surface area contributed by atoms with E-state index in [1.165, 1.54) is 5.56 Å². The highest BCUT2D eigenvalue weighted by atomic mass is 16.5. The number of piperidine rings is 1. The largest absolute Gasteiger partial charge is 0.484 e. The molecule has 20 heavy (non-hydrogen) atoms. The van der Waals surface area contributed by atoms with Crippen LogP contribution >= 0.6 is 0 Å². The summed E-state index contributed by atoms with van der Waals surface area (Å²) in [6.45, 7) is 8.20. The molecule has 1 heterocycles. The van der Waals surface area contributed by atoms with E-state index in [2.05, 4.69) is 23.6 Å². The Morgan fingerprint density at radius 3 is 2.95 bits per heavy atom. The second kappa shape index (κ2) is 6.75. The van der Waals surface area contributed by atoms with Gasteiger partial charge in [-0.25, -0.2) is 0 Å². The number of carbonyl (C=O) groups is 1. The highest BCUT2D eigenvalue weighted by Gasteiger charge is 2.22. The summed E-state index contributed by atoms with van der Waals surface area (Å²) in [6, 6.07) is 6.23. The summed E-state index contributed by atoms with van der Waals surface area (Å²) in [5.74, 6) is 1.21. The SMILES string of the molecule is Cc1ccc(OCC(=O)NC2CCNCC2C)c(C)c1. The van der Waals surface area contributed by atoms with Crippen molar-refractivity contribution in [1.29, 1.82) is 0 Å². The lowest BCUT2D eigenvalue weighted by Gasteiger charge is -2.30. The molecule has 2 N–H and O–H groups in total. The first kappa shape index (κ1) is 14.9. The Balaban J connectivity index is 1.82. The van der Waals surface area contributed by atoms with Crippen molar-refractivity contribution in [2.24, 2.45) is 5.92 Å². The topological polar surface area (TPSA) is 50.4 Å². The van der Waals surface area contributed by atoms with Crippen LogP contribution in [-0.4, -0.2) is 31.6 Å². The summed E-state index contributed by atoms with van der Waals surface area (Å²) in [5.41, 5.74) is 2.26. The Bertz CT molecular complexity index is 474. The Kier molecular flexibility index (Phi) is 5.01. The van der Waals surface area contributed by atoms with Gasteiger partial charge in [0.2, 0.25) is 0 Å². The van der Waals surface area contributed by atoms with Gasteiger partial charge in [0.1, 0.15) is 5.75 Å². The van der Waals surface area contributed by atoms with Crippen LogP contribution in [0.5, 0.6) is 5.75 Å². The van der Waals surface area contributed by atoms with Crippen molar-refractivity contribution in [1.82, 2.24) is 10.6 Å². The van der Waals surface area contributed by atoms with E-state index in [-0.39, 0.29) is 18.6 Å². The van der Waals surface area contributed by atoms with E-state index < -0.39 is 0 Å². The summed E-state index contributed by atoms with van der Waals surface area (Å²) in [4.78, 5) is 12.0. The van der Waals surface area contributed by atoms with Crippen molar-refractivity contribution in [2.45, 2.75) is 33.2 Å². The normalized spacial score (nSPS) is 22.4. The summed E-state index contributed by atoms with van der Waals surface area (Å²) in [6.07, 6.45) is 0.983. The van der Waals surface area contributed by atoms with Gasteiger partial charge >= 0.3 is 0 Å². The maximum absolute atomic E-state index is 12.0. The first-order valence-corrected chi connectivity index (χ1v) is 7.26. The van der Waals surface area contributed by atoms with Crippen LogP contribution in [-0.2, 0) is 4.79 Å². The number of carbonyl (C=O) groups excluding carboxylic acids is 1. The first-order chi connectivity index (χ1) is 9.56. The van der Waals surface area contributed by atoms with Gasteiger partial charge in [-0.2, -0.15) is 0 Å². The van der Waals surface area contributed by atoms with Crippen LogP contribution < -0.4 is 15.4 Å². The van der Waals surface area contributed by atoms with Gasteiger partial charge in [0, 0.05) is 6.04 Å². The van der Waals surface area contributed by atoms with Gasteiger partial charge in [-0.15, -0.1) is 0 Å². The molecule has 0 spiro atoms. The van der Waals surface area contributed by atoms with Gasteiger partial charge in [0.15, 0.2) is 6.61 Å². The van der Waals surface area contributed by atoms with Crippen LogP contribution in [0.4, 0.5) is 0 Å². The Morgan fingerprint density at radius 1 is 1.45 bits per heavy atom. The van der Waals surface area contributed by atoms with Crippen LogP contribution in [0.25, 0.3) is 0 Å². The van der Waals surface area contributed by atoms with Gasteiger partial charge in [-0.05, 0) is 50.9 Å². The van der Waals surface area contributed by atoms with Crippen LogP contribution in [0, 0.1) is 19.8 Å². The Morgan fingerprint density at radius 2 is 2.25 bits per heavy atom. The fourth-order valence-corrected chi connectivity index (χ4v) is 2.58. The molecule has 4 heteroatoms. The molecule has 1 amide bonds. The fourth-order valence-electron chi connectivity index (χ4n) is 2.58. The van der Waals surface area contributed by atoms with Crippen LogP contribution in [0.3, 0.4) is 0 Å². The number of amides is 1. The molecule has 2 rings (SSSR count). The van der Waals surface area contributed by atoms with Gasteiger partial charge in [-0.3, -0.25) is 4.79 Å². The molecule has 110 valence electrons. The van der Waals surface area contributed by atoms with E-state index in [9.17, 15) is 4.79 Å². The first-order valence-electron chi connectivity index (χ1n) is 7.26. The third kappa shape index (κ3) is 3.97. The van der Waals surface area contributed by atoms with Crippen molar-refractivity contribution in [3.05, 3.63) is 29.3 Å². The predicted molar refractivity (Wildman–Crippen MR) is 80.0 cm³/mol. The zero-order valence-electron chi connectivity index (χ0n) is 12.5. The monoisotopic (exact) mass is 276 g/mol. The molecule has 2 unspecified atom stereocenters. The quantitative estimate of drug-likeness (QED) is 0.881. The number of benzene rings is 1. The molecule has 2 atom stereocenters. The lowest BCUT2D eigenvalue weighted by molar-refractivity contribution is -0.124. The number of rotatable bonds is 4. The highest BCUT2D eigenvalue weighted by molar-refractivity contribution is 5.77. The summed E-state index contributed by atoms with van der Waals surface area (Å²) in [7, 11) is 0. The standard InChI is InChI=1S/C16H24N2O2/c1-11-4-5-15(12(2)8-11)20-10-16(19)18-14-6-7-17-9-13(14)3/h4-5,8,13-14,17H,6-7,9-10H2,1-3H3,(H,18,19). The third-order valence-electron chi connectivity index (χ3n) is 3.82. The molecule has 1 aliphatic rings. The van der Waals surface area contributed by atoms with Crippen molar-refractivity contribution >= 4 is 5.91 Å². The lowest BCUT2D eigenvalue weighted by Crippen LogP contribution is -2.49. The summed E-state index contributed by atoms with van der Waals surface area (Å²) in [5, 5.41) is 6.39. The van der Waals surface area contributed by atoms with E-state index in [1.807, 2.05) is 26.0 Å². The minimum atomic E-state index is -0.0382. The van der Waals surface area contributed by atoms with Crippen LogP contribution in [0.2, 0.25) is 0 Å². The van der Waals surface area contributed by atoms with E-state index in [0.717, 1.165) is 30.8 Å².